The van der Waals surface area contributed by atoms with Gasteiger partial charge in [-0.25, -0.2) is 8.42 Å². The highest BCUT2D eigenvalue weighted by Gasteiger charge is 2.15. The van der Waals surface area contributed by atoms with E-state index in [-0.39, 0.29) is 17.5 Å². The van der Waals surface area contributed by atoms with Crippen molar-refractivity contribution in [2.45, 2.75) is 32.7 Å². The Hall–Kier alpha value is -0.100. The average molecular weight is 383 g/mol. The third kappa shape index (κ3) is 5.72. The molecule has 0 radical (unpaired) electrons. The molecule has 1 aromatic carbocycles. The first-order valence-corrected chi connectivity index (χ1v) is 9.77. The number of halogens is 2. The van der Waals surface area contributed by atoms with Crippen molar-refractivity contribution in [3.8, 4) is 0 Å². The Morgan fingerprint density at radius 1 is 1.35 bits per heavy atom. The predicted molar refractivity (Wildman–Crippen MR) is 89.1 cm³/mol. The lowest BCUT2D eigenvalue weighted by molar-refractivity contribution is 0.505. The van der Waals surface area contributed by atoms with E-state index < -0.39 is 9.84 Å². The number of rotatable bonds is 8. The largest absolute Gasteiger partial charge is 0.310 e. The van der Waals surface area contributed by atoms with E-state index in [2.05, 4.69) is 21.2 Å². The fourth-order valence-electron chi connectivity index (χ4n) is 2.05. The zero-order valence-electron chi connectivity index (χ0n) is 11.8. The minimum Gasteiger partial charge on any atom is -0.310 e. The van der Waals surface area contributed by atoms with Crippen LogP contribution in [0.3, 0.4) is 0 Å². The molecule has 0 bridgehead atoms. The first-order valence-electron chi connectivity index (χ1n) is 6.78. The summed E-state index contributed by atoms with van der Waals surface area (Å²) in [5.74, 6) is 0.458. The van der Waals surface area contributed by atoms with E-state index in [4.69, 9.17) is 11.6 Å². The van der Waals surface area contributed by atoms with Crippen LogP contribution in [0.5, 0.6) is 0 Å². The Morgan fingerprint density at radius 2 is 2.05 bits per heavy atom. The van der Waals surface area contributed by atoms with Crippen LogP contribution in [0.4, 0.5) is 0 Å². The molecule has 0 aliphatic carbocycles. The molecule has 0 aromatic heterocycles. The third-order valence-corrected chi connectivity index (χ3v) is 5.89. The summed E-state index contributed by atoms with van der Waals surface area (Å²) in [6.07, 6.45) is 1.44. The summed E-state index contributed by atoms with van der Waals surface area (Å²) < 4.78 is 24.0. The van der Waals surface area contributed by atoms with Gasteiger partial charge in [0.05, 0.1) is 5.75 Å². The summed E-state index contributed by atoms with van der Waals surface area (Å²) in [5.41, 5.74) is 1.12. The summed E-state index contributed by atoms with van der Waals surface area (Å²) in [7, 11) is -2.89. The Bertz CT molecular complexity index is 534. The maximum atomic E-state index is 11.5. The number of hydrogen-bond donors (Lipinski definition) is 1. The lowest BCUT2D eigenvalue weighted by atomic mass is 10.0. The predicted octanol–water partition coefficient (Wildman–Crippen LogP) is 3.97. The molecule has 0 saturated heterocycles. The van der Waals surface area contributed by atoms with Crippen LogP contribution in [-0.2, 0) is 9.84 Å². The van der Waals surface area contributed by atoms with Crippen LogP contribution in [0.1, 0.15) is 38.3 Å². The second-order valence-electron chi connectivity index (χ2n) is 4.65. The molecule has 1 rings (SSSR count). The summed E-state index contributed by atoms with van der Waals surface area (Å²) in [5, 5.41) is 4.08. The second-order valence-corrected chi connectivity index (χ2v) is 8.42. The molecule has 1 unspecified atom stereocenters. The van der Waals surface area contributed by atoms with E-state index in [0.717, 1.165) is 23.0 Å². The van der Waals surface area contributed by atoms with Crippen molar-refractivity contribution in [2.24, 2.45) is 0 Å². The van der Waals surface area contributed by atoms with Crippen LogP contribution in [0, 0.1) is 0 Å². The van der Waals surface area contributed by atoms with E-state index in [1.54, 1.807) is 6.92 Å². The summed E-state index contributed by atoms with van der Waals surface area (Å²) in [6.45, 7) is 4.56. The fraction of sp³-hybridized carbons (Fsp3) is 0.571. The molecule has 0 saturated carbocycles. The average Bonchev–Trinajstić information content (AvgIpc) is 2.38. The maximum absolute atomic E-state index is 11.5. The highest BCUT2D eigenvalue weighted by molar-refractivity contribution is 9.10. The SMILES string of the molecule is CCNC(CCCS(=O)(=O)CC)c1ccc(Cl)cc1Br. The molecule has 0 aliphatic heterocycles. The summed E-state index contributed by atoms with van der Waals surface area (Å²) in [4.78, 5) is 0. The molecular weight excluding hydrogens is 362 g/mol. The van der Waals surface area contributed by atoms with Crippen molar-refractivity contribution in [3.63, 3.8) is 0 Å². The van der Waals surface area contributed by atoms with Crippen LogP contribution in [0.2, 0.25) is 5.02 Å². The third-order valence-electron chi connectivity index (χ3n) is 3.18. The molecule has 6 heteroatoms. The molecule has 1 N–H and O–H groups in total. The van der Waals surface area contributed by atoms with E-state index in [1.165, 1.54) is 0 Å². The molecule has 3 nitrogen and oxygen atoms in total. The summed E-state index contributed by atoms with van der Waals surface area (Å²) in [6, 6.07) is 5.84. The zero-order valence-corrected chi connectivity index (χ0v) is 15.0. The molecule has 0 heterocycles. The lowest BCUT2D eigenvalue weighted by Crippen LogP contribution is -2.22. The van der Waals surface area contributed by atoms with Gasteiger partial charge in [-0.2, -0.15) is 0 Å². The quantitative estimate of drug-likeness (QED) is 0.740. The maximum Gasteiger partial charge on any atom is 0.150 e. The van der Waals surface area contributed by atoms with Gasteiger partial charge in [-0.15, -0.1) is 0 Å². The number of hydrogen-bond acceptors (Lipinski definition) is 3. The van der Waals surface area contributed by atoms with Gasteiger partial charge in [-0.05, 0) is 37.1 Å². The smallest absolute Gasteiger partial charge is 0.150 e. The molecule has 1 atom stereocenters. The van der Waals surface area contributed by atoms with Crippen molar-refractivity contribution >= 4 is 37.4 Å². The lowest BCUT2D eigenvalue weighted by Gasteiger charge is -2.20. The Labute approximate surface area is 135 Å². The summed E-state index contributed by atoms with van der Waals surface area (Å²) >= 11 is 9.47. The normalized spacial score (nSPS) is 13.4. The van der Waals surface area contributed by atoms with Gasteiger partial charge in [0.2, 0.25) is 0 Å². The molecule has 0 fully saturated rings. The standard InChI is InChI=1S/C14H21BrClNO2S/c1-3-17-14(6-5-9-20(18,19)4-2)12-8-7-11(16)10-13(12)15/h7-8,10,14,17H,3-6,9H2,1-2H3. The Morgan fingerprint density at radius 3 is 2.60 bits per heavy atom. The van der Waals surface area contributed by atoms with Gasteiger partial charge in [-0.3, -0.25) is 0 Å². The van der Waals surface area contributed by atoms with Gasteiger partial charge in [0.25, 0.3) is 0 Å². The van der Waals surface area contributed by atoms with Crippen molar-refractivity contribution in [2.75, 3.05) is 18.1 Å². The van der Waals surface area contributed by atoms with Crippen LogP contribution in [0.15, 0.2) is 22.7 Å². The van der Waals surface area contributed by atoms with E-state index in [9.17, 15) is 8.42 Å². The van der Waals surface area contributed by atoms with Crippen molar-refractivity contribution in [1.29, 1.82) is 0 Å². The Kier molecular flexibility index (Phi) is 7.51. The van der Waals surface area contributed by atoms with Crippen molar-refractivity contribution in [1.82, 2.24) is 5.32 Å². The monoisotopic (exact) mass is 381 g/mol. The van der Waals surface area contributed by atoms with Gasteiger partial charge < -0.3 is 5.32 Å². The van der Waals surface area contributed by atoms with Crippen LogP contribution >= 0.6 is 27.5 Å². The van der Waals surface area contributed by atoms with Crippen LogP contribution < -0.4 is 5.32 Å². The number of sulfone groups is 1. The van der Waals surface area contributed by atoms with Gasteiger partial charge in [0.15, 0.2) is 0 Å². The second kappa shape index (κ2) is 8.37. The topological polar surface area (TPSA) is 46.2 Å². The number of nitrogens with one attached hydrogen (secondary N) is 1. The van der Waals surface area contributed by atoms with Crippen LogP contribution in [0.25, 0.3) is 0 Å². The molecule has 114 valence electrons. The van der Waals surface area contributed by atoms with E-state index >= 15 is 0 Å². The zero-order chi connectivity index (χ0) is 15.2. The van der Waals surface area contributed by atoms with Crippen LogP contribution in [-0.4, -0.2) is 26.5 Å². The first-order chi connectivity index (χ1) is 9.39. The minimum atomic E-state index is -2.89. The van der Waals surface area contributed by atoms with Crippen molar-refractivity contribution in [3.05, 3.63) is 33.3 Å². The van der Waals surface area contributed by atoms with Gasteiger partial charge in [-0.1, -0.05) is 47.4 Å². The molecule has 20 heavy (non-hydrogen) atoms. The Balaban J connectivity index is 2.74. The van der Waals surface area contributed by atoms with Gasteiger partial charge in [0.1, 0.15) is 9.84 Å². The van der Waals surface area contributed by atoms with E-state index in [1.807, 2.05) is 25.1 Å². The minimum absolute atomic E-state index is 0.138. The highest BCUT2D eigenvalue weighted by atomic mass is 79.9. The fourth-order valence-corrected chi connectivity index (χ4v) is 3.90. The molecule has 0 aliphatic rings. The van der Waals surface area contributed by atoms with Gasteiger partial charge >= 0.3 is 0 Å². The molecule has 0 amide bonds. The molecular formula is C14H21BrClNO2S. The van der Waals surface area contributed by atoms with E-state index in [0.29, 0.717) is 11.4 Å². The molecule has 0 spiro atoms. The van der Waals surface area contributed by atoms with Gasteiger partial charge in [0, 0.05) is 21.3 Å². The highest BCUT2D eigenvalue weighted by Crippen LogP contribution is 2.29. The van der Waals surface area contributed by atoms with Crippen molar-refractivity contribution < 1.29 is 8.42 Å². The number of benzene rings is 1. The first kappa shape index (κ1) is 18.0. The molecule has 1 aromatic rings.